The molecule has 0 bridgehead atoms. The summed E-state index contributed by atoms with van der Waals surface area (Å²) in [5.41, 5.74) is 0.602. The molecule has 0 saturated carbocycles. The highest BCUT2D eigenvalue weighted by atomic mass is 32.2. The summed E-state index contributed by atoms with van der Waals surface area (Å²) >= 11 is 0. The zero-order valence-electron chi connectivity index (χ0n) is 14.5. The van der Waals surface area contributed by atoms with Gasteiger partial charge in [-0.25, -0.2) is 8.42 Å². The molecule has 1 aliphatic rings. The number of amides is 1. The average Bonchev–Trinajstić information content (AvgIpc) is 3.01. The predicted molar refractivity (Wildman–Crippen MR) is 103 cm³/mol. The van der Waals surface area contributed by atoms with Gasteiger partial charge < -0.3 is 5.32 Å². The van der Waals surface area contributed by atoms with Crippen LogP contribution in [0, 0.1) is 15.9 Å². The van der Waals surface area contributed by atoms with Crippen molar-refractivity contribution in [2.75, 3.05) is 21.9 Å². The molecule has 1 fully saturated rings. The summed E-state index contributed by atoms with van der Waals surface area (Å²) in [5, 5.41) is 13.1. The molecule has 10 heteroatoms. The van der Waals surface area contributed by atoms with E-state index < -0.39 is 32.4 Å². The lowest BCUT2D eigenvalue weighted by Gasteiger charge is -2.16. The molecule has 0 spiro atoms. The number of anilines is 2. The minimum Gasteiger partial charge on any atom is -0.322 e. The van der Waals surface area contributed by atoms with Gasteiger partial charge in [0, 0.05) is 24.4 Å². The molecule has 1 aliphatic heterocycles. The van der Waals surface area contributed by atoms with Gasteiger partial charge >= 0.3 is 5.69 Å². The van der Waals surface area contributed by atoms with Crippen molar-refractivity contribution >= 4 is 39.1 Å². The number of carbonyl (C=O) groups excluding carboxylic acids is 1. The summed E-state index contributed by atoms with van der Waals surface area (Å²) in [4.78, 5) is 21.8. The summed E-state index contributed by atoms with van der Waals surface area (Å²) in [6, 6.07) is 9.73. The van der Waals surface area contributed by atoms with E-state index in [0.29, 0.717) is 24.2 Å². The smallest absolute Gasteiger partial charge is 0.306 e. The van der Waals surface area contributed by atoms with Gasteiger partial charge in [0.2, 0.25) is 21.7 Å². The minimum atomic E-state index is -3.25. The molecule has 28 heavy (non-hydrogen) atoms. The van der Waals surface area contributed by atoms with Gasteiger partial charge in [-0.15, -0.1) is 0 Å². The second kappa shape index (κ2) is 7.77. The molecule has 2 aromatic rings. The number of nitro groups is 1. The van der Waals surface area contributed by atoms with Gasteiger partial charge in [0.05, 0.1) is 16.4 Å². The first-order valence-electron chi connectivity index (χ1n) is 8.30. The Bertz CT molecular complexity index is 1050. The van der Waals surface area contributed by atoms with Gasteiger partial charge in [-0.1, -0.05) is 12.1 Å². The fourth-order valence-electron chi connectivity index (χ4n) is 2.77. The quantitative estimate of drug-likeness (QED) is 0.467. The van der Waals surface area contributed by atoms with Crippen LogP contribution in [0.1, 0.15) is 12.0 Å². The van der Waals surface area contributed by atoms with E-state index in [-0.39, 0.29) is 11.4 Å². The summed E-state index contributed by atoms with van der Waals surface area (Å²) in [7, 11) is -3.25. The van der Waals surface area contributed by atoms with Crippen molar-refractivity contribution in [3.8, 4) is 0 Å². The van der Waals surface area contributed by atoms with Crippen molar-refractivity contribution in [3.05, 3.63) is 70.0 Å². The number of benzene rings is 2. The van der Waals surface area contributed by atoms with Crippen molar-refractivity contribution < 1.29 is 22.5 Å². The molecule has 1 heterocycles. The van der Waals surface area contributed by atoms with E-state index in [1.807, 2.05) is 0 Å². The molecule has 0 unspecified atom stereocenters. The van der Waals surface area contributed by atoms with E-state index >= 15 is 0 Å². The van der Waals surface area contributed by atoms with Crippen molar-refractivity contribution in [2.45, 2.75) is 6.42 Å². The largest absolute Gasteiger partial charge is 0.322 e. The van der Waals surface area contributed by atoms with Gasteiger partial charge in [0.1, 0.15) is 0 Å². The third kappa shape index (κ3) is 4.34. The summed E-state index contributed by atoms with van der Waals surface area (Å²) in [6.45, 7) is 0.448. The lowest BCUT2D eigenvalue weighted by atomic mass is 10.2. The molecule has 3 rings (SSSR count). The zero-order chi connectivity index (χ0) is 20.3. The molecule has 2 aromatic carbocycles. The Kier molecular flexibility index (Phi) is 5.41. The molecule has 146 valence electrons. The van der Waals surface area contributed by atoms with Crippen molar-refractivity contribution in [1.82, 2.24) is 0 Å². The van der Waals surface area contributed by atoms with Crippen LogP contribution in [0.5, 0.6) is 0 Å². The van der Waals surface area contributed by atoms with Crippen molar-refractivity contribution in [3.63, 3.8) is 0 Å². The summed E-state index contributed by atoms with van der Waals surface area (Å²) in [5.74, 6) is -1.40. The standard InChI is InChI=1S/C18H16FN3O5S/c19-16-8-5-14(12-17(16)22(24)25)20-18(23)9-4-13-2-6-15(7-3-13)21-10-1-11-28(21,26)27/h2-9,12H,1,10-11H2,(H,20,23)/b9-4+. The van der Waals surface area contributed by atoms with E-state index in [1.54, 1.807) is 24.3 Å². The Morgan fingerprint density at radius 1 is 1.21 bits per heavy atom. The number of carbonyl (C=O) groups is 1. The topological polar surface area (TPSA) is 110 Å². The second-order valence-corrected chi connectivity index (χ2v) is 8.09. The number of hydrogen-bond donors (Lipinski definition) is 1. The van der Waals surface area contributed by atoms with Crippen LogP contribution < -0.4 is 9.62 Å². The fourth-order valence-corrected chi connectivity index (χ4v) is 4.33. The summed E-state index contributed by atoms with van der Waals surface area (Å²) in [6.07, 6.45) is 3.32. The van der Waals surface area contributed by atoms with Crippen LogP contribution >= 0.6 is 0 Å². The van der Waals surface area contributed by atoms with Crippen LogP contribution in [0.25, 0.3) is 6.08 Å². The molecular weight excluding hydrogens is 389 g/mol. The normalized spacial score (nSPS) is 15.7. The molecule has 0 atom stereocenters. The molecule has 0 aliphatic carbocycles. The molecular formula is C18H16FN3O5S. The van der Waals surface area contributed by atoms with E-state index in [4.69, 9.17) is 0 Å². The van der Waals surface area contributed by atoms with Crippen LogP contribution in [0.3, 0.4) is 0 Å². The van der Waals surface area contributed by atoms with Gasteiger partial charge in [-0.05, 0) is 42.3 Å². The first-order chi connectivity index (χ1) is 13.3. The Balaban J connectivity index is 1.66. The number of sulfonamides is 1. The first-order valence-corrected chi connectivity index (χ1v) is 9.91. The van der Waals surface area contributed by atoms with E-state index in [2.05, 4.69) is 5.32 Å². The highest BCUT2D eigenvalue weighted by Gasteiger charge is 2.28. The summed E-state index contributed by atoms with van der Waals surface area (Å²) < 4.78 is 38.5. The number of nitrogens with one attached hydrogen (secondary N) is 1. The number of rotatable bonds is 5. The SMILES string of the molecule is O=C(/C=C/c1ccc(N2CCCS2(=O)=O)cc1)Nc1ccc(F)c([N+](=O)[O-])c1. The van der Waals surface area contributed by atoms with Gasteiger partial charge in [0.15, 0.2) is 0 Å². The van der Waals surface area contributed by atoms with Crippen molar-refractivity contribution in [2.24, 2.45) is 0 Å². The molecule has 0 radical (unpaired) electrons. The molecule has 8 nitrogen and oxygen atoms in total. The van der Waals surface area contributed by atoms with E-state index in [1.165, 1.54) is 22.5 Å². The zero-order valence-corrected chi connectivity index (χ0v) is 15.4. The van der Waals surface area contributed by atoms with Crippen LogP contribution in [0.15, 0.2) is 48.5 Å². The third-order valence-electron chi connectivity index (χ3n) is 4.12. The predicted octanol–water partition coefficient (Wildman–Crippen LogP) is 2.93. The number of nitro benzene ring substituents is 1. The molecule has 1 N–H and O–H groups in total. The highest BCUT2D eigenvalue weighted by molar-refractivity contribution is 7.93. The maximum Gasteiger partial charge on any atom is 0.306 e. The maximum atomic E-state index is 13.3. The van der Waals surface area contributed by atoms with Crippen LogP contribution in [-0.4, -0.2) is 31.5 Å². The lowest BCUT2D eigenvalue weighted by Crippen LogP contribution is -2.24. The second-order valence-electron chi connectivity index (χ2n) is 6.08. The maximum absolute atomic E-state index is 13.3. The van der Waals surface area contributed by atoms with Crippen LogP contribution in [0.4, 0.5) is 21.5 Å². The minimum absolute atomic E-state index is 0.0948. The third-order valence-corrected chi connectivity index (χ3v) is 5.99. The number of halogens is 1. The number of nitrogens with zero attached hydrogens (tertiary/aromatic N) is 2. The Morgan fingerprint density at radius 3 is 2.54 bits per heavy atom. The van der Waals surface area contributed by atoms with E-state index in [0.717, 1.165) is 12.1 Å². The molecule has 1 saturated heterocycles. The van der Waals surface area contributed by atoms with Gasteiger partial charge in [0.25, 0.3) is 0 Å². The van der Waals surface area contributed by atoms with Crippen LogP contribution in [-0.2, 0) is 14.8 Å². The molecule has 0 aromatic heterocycles. The van der Waals surface area contributed by atoms with Gasteiger partial charge in [-0.2, -0.15) is 4.39 Å². The fraction of sp³-hybridized carbons (Fsp3) is 0.167. The first kappa shape index (κ1) is 19.5. The monoisotopic (exact) mass is 405 g/mol. The number of hydrogen-bond acceptors (Lipinski definition) is 5. The Labute approximate surface area is 160 Å². The van der Waals surface area contributed by atoms with Crippen LogP contribution in [0.2, 0.25) is 0 Å². The average molecular weight is 405 g/mol. The lowest BCUT2D eigenvalue weighted by molar-refractivity contribution is -0.387. The Hall–Kier alpha value is -3.27. The Morgan fingerprint density at radius 2 is 1.93 bits per heavy atom. The van der Waals surface area contributed by atoms with Crippen molar-refractivity contribution in [1.29, 1.82) is 0 Å². The molecule has 1 amide bonds. The van der Waals surface area contributed by atoms with Gasteiger partial charge in [-0.3, -0.25) is 19.2 Å². The highest BCUT2D eigenvalue weighted by Crippen LogP contribution is 2.24. The van der Waals surface area contributed by atoms with E-state index in [9.17, 15) is 27.7 Å².